The number of amides is 1. The average Bonchev–Trinajstić information content (AvgIpc) is 2.16. The first-order valence-electron chi connectivity index (χ1n) is 4.74. The number of nitrogens with one attached hydrogen (secondary N) is 1. The van der Waals surface area contributed by atoms with Crippen molar-refractivity contribution in [2.75, 3.05) is 0 Å². The van der Waals surface area contributed by atoms with E-state index in [-0.39, 0.29) is 11.9 Å². The van der Waals surface area contributed by atoms with Crippen LogP contribution in [-0.2, 0) is 6.54 Å². The van der Waals surface area contributed by atoms with Gasteiger partial charge in [-0.2, -0.15) is 0 Å². The maximum absolute atomic E-state index is 11.7. The van der Waals surface area contributed by atoms with Gasteiger partial charge in [0.25, 0.3) is 5.91 Å². The molecule has 1 aromatic rings. The number of hydrogen-bond donors (Lipinski definition) is 2. The van der Waals surface area contributed by atoms with Gasteiger partial charge in [0, 0.05) is 18.2 Å². The molecule has 1 aromatic carbocycles. The molecule has 0 radical (unpaired) electrons. The topological polar surface area (TPSA) is 55.1 Å². The van der Waals surface area contributed by atoms with Crippen molar-refractivity contribution in [2.45, 2.75) is 26.4 Å². The lowest BCUT2D eigenvalue weighted by atomic mass is 10.1. The minimum Gasteiger partial charge on any atom is -0.350 e. The van der Waals surface area contributed by atoms with E-state index < -0.39 is 0 Å². The Morgan fingerprint density at radius 3 is 2.64 bits per heavy atom. The molecule has 76 valence electrons. The van der Waals surface area contributed by atoms with Crippen molar-refractivity contribution in [3.63, 3.8) is 0 Å². The van der Waals surface area contributed by atoms with Crippen LogP contribution in [0.2, 0.25) is 0 Å². The first-order chi connectivity index (χ1) is 6.65. The molecule has 0 fully saturated rings. The molecule has 3 heteroatoms. The van der Waals surface area contributed by atoms with Crippen LogP contribution in [0.5, 0.6) is 0 Å². The quantitative estimate of drug-likeness (QED) is 0.758. The van der Waals surface area contributed by atoms with Gasteiger partial charge in [0.05, 0.1) is 0 Å². The lowest BCUT2D eigenvalue weighted by molar-refractivity contribution is 0.0942. The second-order valence-electron chi connectivity index (χ2n) is 3.49. The van der Waals surface area contributed by atoms with E-state index in [1.54, 1.807) is 6.07 Å². The van der Waals surface area contributed by atoms with Crippen molar-refractivity contribution in [3.05, 3.63) is 35.4 Å². The zero-order valence-corrected chi connectivity index (χ0v) is 8.58. The molecule has 0 saturated heterocycles. The first-order valence-corrected chi connectivity index (χ1v) is 4.74. The van der Waals surface area contributed by atoms with Gasteiger partial charge in [-0.1, -0.05) is 18.2 Å². The summed E-state index contributed by atoms with van der Waals surface area (Å²) in [5.41, 5.74) is 7.09. The molecule has 0 saturated carbocycles. The van der Waals surface area contributed by atoms with Crippen molar-refractivity contribution in [1.82, 2.24) is 5.32 Å². The van der Waals surface area contributed by atoms with Crippen molar-refractivity contribution >= 4 is 5.91 Å². The number of carbonyl (C=O) groups is 1. The molecule has 0 unspecified atom stereocenters. The third-order valence-electron chi connectivity index (χ3n) is 1.90. The molecule has 3 N–H and O–H groups in total. The van der Waals surface area contributed by atoms with E-state index in [4.69, 9.17) is 5.73 Å². The van der Waals surface area contributed by atoms with Gasteiger partial charge in [-0.25, -0.2) is 0 Å². The number of benzene rings is 1. The molecule has 0 aliphatic heterocycles. The predicted molar refractivity (Wildman–Crippen MR) is 56.9 cm³/mol. The molecule has 1 rings (SSSR count). The minimum atomic E-state index is -0.0546. The molecule has 14 heavy (non-hydrogen) atoms. The highest BCUT2D eigenvalue weighted by Crippen LogP contribution is 2.07. The number of rotatable bonds is 3. The van der Waals surface area contributed by atoms with Crippen LogP contribution < -0.4 is 11.1 Å². The van der Waals surface area contributed by atoms with Crippen LogP contribution in [0.4, 0.5) is 0 Å². The summed E-state index contributed by atoms with van der Waals surface area (Å²) in [7, 11) is 0. The van der Waals surface area contributed by atoms with Gasteiger partial charge in [0.1, 0.15) is 0 Å². The average molecular weight is 192 g/mol. The van der Waals surface area contributed by atoms with Gasteiger partial charge in [0.15, 0.2) is 0 Å². The Labute approximate surface area is 84.3 Å². The van der Waals surface area contributed by atoms with Gasteiger partial charge >= 0.3 is 0 Å². The second kappa shape index (κ2) is 4.77. The van der Waals surface area contributed by atoms with Crippen LogP contribution in [0.1, 0.15) is 29.8 Å². The first kappa shape index (κ1) is 10.7. The standard InChI is InChI=1S/C11H16N2O/c1-8(2)13-11(14)10-6-4-3-5-9(10)7-12/h3-6,8H,7,12H2,1-2H3,(H,13,14). The summed E-state index contributed by atoms with van der Waals surface area (Å²) in [5.74, 6) is -0.0546. The van der Waals surface area contributed by atoms with Crippen LogP contribution in [0.25, 0.3) is 0 Å². The fourth-order valence-corrected chi connectivity index (χ4v) is 1.26. The normalized spacial score (nSPS) is 10.3. The van der Waals surface area contributed by atoms with E-state index in [0.717, 1.165) is 5.56 Å². The number of nitrogens with two attached hydrogens (primary N) is 1. The lowest BCUT2D eigenvalue weighted by Gasteiger charge is -2.10. The smallest absolute Gasteiger partial charge is 0.251 e. The molecule has 0 aliphatic rings. The Kier molecular flexibility index (Phi) is 3.65. The number of hydrogen-bond acceptors (Lipinski definition) is 2. The molecule has 1 amide bonds. The summed E-state index contributed by atoms with van der Waals surface area (Å²) in [6.07, 6.45) is 0. The highest BCUT2D eigenvalue weighted by molar-refractivity contribution is 5.95. The molecule has 0 bridgehead atoms. The van der Waals surface area contributed by atoms with Crippen LogP contribution in [0, 0.1) is 0 Å². The maximum atomic E-state index is 11.7. The molecular weight excluding hydrogens is 176 g/mol. The zero-order chi connectivity index (χ0) is 10.6. The van der Waals surface area contributed by atoms with Gasteiger partial charge in [-0.05, 0) is 25.5 Å². The van der Waals surface area contributed by atoms with Crippen molar-refractivity contribution < 1.29 is 4.79 Å². The molecular formula is C11H16N2O. The molecule has 0 spiro atoms. The lowest BCUT2D eigenvalue weighted by Crippen LogP contribution is -2.31. The molecule has 3 nitrogen and oxygen atoms in total. The van der Waals surface area contributed by atoms with E-state index >= 15 is 0 Å². The number of carbonyl (C=O) groups excluding carboxylic acids is 1. The molecule has 0 aliphatic carbocycles. The summed E-state index contributed by atoms with van der Waals surface area (Å²) < 4.78 is 0. The van der Waals surface area contributed by atoms with E-state index in [9.17, 15) is 4.79 Å². The highest BCUT2D eigenvalue weighted by Gasteiger charge is 2.09. The van der Waals surface area contributed by atoms with Gasteiger partial charge in [0.2, 0.25) is 0 Å². The van der Waals surface area contributed by atoms with Crippen molar-refractivity contribution in [3.8, 4) is 0 Å². The zero-order valence-electron chi connectivity index (χ0n) is 8.58. The third kappa shape index (κ3) is 2.57. The van der Waals surface area contributed by atoms with E-state index in [0.29, 0.717) is 12.1 Å². The van der Waals surface area contributed by atoms with Crippen LogP contribution in [-0.4, -0.2) is 11.9 Å². The van der Waals surface area contributed by atoms with E-state index in [1.807, 2.05) is 32.0 Å². The molecule has 0 atom stereocenters. The molecule has 0 heterocycles. The largest absolute Gasteiger partial charge is 0.350 e. The van der Waals surface area contributed by atoms with Crippen LogP contribution in [0.15, 0.2) is 24.3 Å². The Bertz CT molecular complexity index is 321. The van der Waals surface area contributed by atoms with E-state index in [1.165, 1.54) is 0 Å². The highest BCUT2D eigenvalue weighted by atomic mass is 16.1. The van der Waals surface area contributed by atoms with Crippen molar-refractivity contribution in [2.24, 2.45) is 5.73 Å². The summed E-state index contributed by atoms with van der Waals surface area (Å²) in [6.45, 7) is 4.26. The monoisotopic (exact) mass is 192 g/mol. The van der Waals surface area contributed by atoms with Gasteiger partial charge in [-0.15, -0.1) is 0 Å². The Balaban J connectivity index is 2.88. The van der Waals surface area contributed by atoms with E-state index in [2.05, 4.69) is 5.32 Å². The predicted octanol–water partition coefficient (Wildman–Crippen LogP) is 1.28. The van der Waals surface area contributed by atoms with Crippen LogP contribution in [0.3, 0.4) is 0 Å². The Morgan fingerprint density at radius 1 is 1.43 bits per heavy atom. The Morgan fingerprint density at radius 2 is 2.07 bits per heavy atom. The Hall–Kier alpha value is -1.35. The third-order valence-corrected chi connectivity index (χ3v) is 1.90. The van der Waals surface area contributed by atoms with Crippen LogP contribution >= 0.6 is 0 Å². The fourth-order valence-electron chi connectivity index (χ4n) is 1.26. The summed E-state index contributed by atoms with van der Waals surface area (Å²) in [5, 5.41) is 2.84. The minimum absolute atomic E-state index is 0.0546. The second-order valence-corrected chi connectivity index (χ2v) is 3.49. The molecule has 0 aromatic heterocycles. The summed E-state index contributed by atoms with van der Waals surface area (Å²) in [6, 6.07) is 7.53. The summed E-state index contributed by atoms with van der Waals surface area (Å²) in [4.78, 5) is 11.7. The fraction of sp³-hybridized carbons (Fsp3) is 0.364. The summed E-state index contributed by atoms with van der Waals surface area (Å²) >= 11 is 0. The maximum Gasteiger partial charge on any atom is 0.251 e. The van der Waals surface area contributed by atoms with Gasteiger partial charge < -0.3 is 11.1 Å². The SMILES string of the molecule is CC(C)NC(=O)c1ccccc1CN. The van der Waals surface area contributed by atoms with Crippen molar-refractivity contribution in [1.29, 1.82) is 0 Å². The van der Waals surface area contributed by atoms with Gasteiger partial charge in [-0.3, -0.25) is 4.79 Å².